The van der Waals surface area contributed by atoms with Crippen molar-refractivity contribution in [1.29, 1.82) is 0 Å². The molecule has 2 heteroatoms. The summed E-state index contributed by atoms with van der Waals surface area (Å²) in [6.07, 6.45) is 9.63. The Morgan fingerprint density at radius 1 is 1.00 bits per heavy atom. The maximum atomic E-state index is 4.66. The molecule has 0 spiro atoms. The molecule has 1 atom stereocenters. The van der Waals surface area contributed by atoms with E-state index in [1.807, 2.05) is 0 Å². The quantitative estimate of drug-likeness (QED) is 0.532. The van der Waals surface area contributed by atoms with Crippen molar-refractivity contribution >= 4 is 5.69 Å². The third-order valence-electron chi connectivity index (χ3n) is 4.07. The third-order valence-corrected chi connectivity index (χ3v) is 4.07. The Morgan fingerprint density at radius 3 is 2.25 bits per heavy atom. The number of pyridine rings is 1. The number of hydrogen-bond donors (Lipinski definition) is 0. The van der Waals surface area contributed by atoms with Gasteiger partial charge in [0.05, 0.1) is 11.9 Å². The topological polar surface area (TPSA) is 16.1 Å². The van der Waals surface area contributed by atoms with E-state index in [2.05, 4.69) is 55.9 Å². The zero-order chi connectivity index (χ0) is 14.8. The number of hydrogen-bond acceptors (Lipinski definition) is 2. The highest BCUT2D eigenvalue weighted by Gasteiger charge is 2.08. The van der Waals surface area contributed by atoms with E-state index in [1.165, 1.54) is 43.5 Å². The molecule has 0 saturated carbocycles. The molecule has 0 amide bonds. The molecule has 1 unspecified atom stereocenters. The van der Waals surface area contributed by atoms with E-state index < -0.39 is 0 Å². The highest BCUT2D eigenvalue weighted by atomic mass is 15.1. The van der Waals surface area contributed by atoms with Crippen molar-refractivity contribution < 1.29 is 0 Å². The van der Waals surface area contributed by atoms with Crippen LogP contribution in [0.2, 0.25) is 0 Å². The van der Waals surface area contributed by atoms with E-state index >= 15 is 0 Å². The second-order valence-corrected chi connectivity index (χ2v) is 5.80. The summed E-state index contributed by atoms with van der Waals surface area (Å²) in [6.45, 7) is 11.3. The average molecular weight is 276 g/mol. The van der Waals surface area contributed by atoms with Crippen LogP contribution >= 0.6 is 0 Å². The van der Waals surface area contributed by atoms with Gasteiger partial charge in [0.25, 0.3) is 0 Å². The Balaban J connectivity index is 2.68. The minimum absolute atomic E-state index is 0.563. The van der Waals surface area contributed by atoms with Crippen molar-refractivity contribution in [3.05, 3.63) is 24.0 Å². The zero-order valence-electron chi connectivity index (χ0n) is 13.9. The molecule has 0 aromatic carbocycles. The van der Waals surface area contributed by atoms with E-state index in [1.54, 1.807) is 0 Å². The molecule has 2 nitrogen and oxygen atoms in total. The van der Waals surface area contributed by atoms with Crippen LogP contribution in [0.25, 0.3) is 0 Å². The lowest BCUT2D eigenvalue weighted by molar-refractivity contribution is 0.650. The van der Waals surface area contributed by atoms with Gasteiger partial charge in [0.15, 0.2) is 0 Å². The molecule has 0 aliphatic heterocycles. The summed E-state index contributed by atoms with van der Waals surface area (Å²) in [5.41, 5.74) is 2.52. The average Bonchev–Trinajstić information content (AvgIpc) is 2.50. The van der Waals surface area contributed by atoms with Gasteiger partial charge < -0.3 is 4.90 Å². The van der Waals surface area contributed by atoms with Crippen LogP contribution in [0.4, 0.5) is 5.69 Å². The van der Waals surface area contributed by atoms with Crippen molar-refractivity contribution in [3.63, 3.8) is 0 Å². The smallest absolute Gasteiger partial charge is 0.0552 e. The molecule has 0 aliphatic carbocycles. The standard InChI is InChI=1S/C18H32N2/c1-5-8-10-14-20(13-9-6-2)17-11-12-18(19-15-17)16(4)7-3/h11-12,15-16H,5-10,13-14H2,1-4H3. The van der Waals surface area contributed by atoms with Crippen LogP contribution in [0.15, 0.2) is 18.3 Å². The maximum Gasteiger partial charge on any atom is 0.0552 e. The lowest BCUT2D eigenvalue weighted by Gasteiger charge is -2.25. The van der Waals surface area contributed by atoms with Crippen LogP contribution in [0, 0.1) is 0 Å². The summed E-state index contributed by atoms with van der Waals surface area (Å²) in [5.74, 6) is 0.563. The Labute approximate surface area is 125 Å². The van der Waals surface area contributed by atoms with Gasteiger partial charge in [-0.25, -0.2) is 0 Å². The first-order valence-electron chi connectivity index (χ1n) is 8.43. The van der Waals surface area contributed by atoms with E-state index in [9.17, 15) is 0 Å². The number of anilines is 1. The molecule has 0 aliphatic rings. The van der Waals surface area contributed by atoms with Crippen LogP contribution in [0.1, 0.15) is 77.8 Å². The maximum absolute atomic E-state index is 4.66. The summed E-state index contributed by atoms with van der Waals surface area (Å²) in [7, 11) is 0. The Hall–Kier alpha value is -1.05. The molecule has 1 rings (SSSR count). The molecule has 114 valence electrons. The van der Waals surface area contributed by atoms with Gasteiger partial charge in [0, 0.05) is 18.8 Å². The second-order valence-electron chi connectivity index (χ2n) is 5.80. The van der Waals surface area contributed by atoms with Crippen molar-refractivity contribution in [1.82, 2.24) is 4.98 Å². The number of nitrogens with zero attached hydrogens (tertiary/aromatic N) is 2. The monoisotopic (exact) mass is 276 g/mol. The predicted molar refractivity (Wildman–Crippen MR) is 89.6 cm³/mol. The van der Waals surface area contributed by atoms with Gasteiger partial charge in [-0.1, -0.05) is 47.0 Å². The van der Waals surface area contributed by atoms with E-state index in [0.29, 0.717) is 5.92 Å². The summed E-state index contributed by atoms with van der Waals surface area (Å²) in [4.78, 5) is 7.17. The minimum atomic E-state index is 0.563. The fraction of sp³-hybridized carbons (Fsp3) is 0.722. The van der Waals surface area contributed by atoms with Crippen LogP contribution in [-0.4, -0.2) is 18.1 Å². The van der Waals surface area contributed by atoms with Crippen LogP contribution in [0.3, 0.4) is 0 Å². The molecule has 1 heterocycles. The van der Waals surface area contributed by atoms with Crippen LogP contribution in [-0.2, 0) is 0 Å². The molecular weight excluding hydrogens is 244 g/mol. The lowest BCUT2D eigenvalue weighted by atomic mass is 10.0. The van der Waals surface area contributed by atoms with Gasteiger partial charge in [-0.3, -0.25) is 4.98 Å². The van der Waals surface area contributed by atoms with Crippen molar-refractivity contribution in [2.75, 3.05) is 18.0 Å². The SMILES string of the molecule is CCCCCN(CCCC)c1ccc(C(C)CC)nc1. The van der Waals surface area contributed by atoms with Gasteiger partial charge in [-0.2, -0.15) is 0 Å². The number of unbranched alkanes of at least 4 members (excludes halogenated alkanes) is 3. The first-order chi connectivity index (χ1) is 9.72. The van der Waals surface area contributed by atoms with Gasteiger partial charge in [-0.05, 0) is 37.3 Å². The van der Waals surface area contributed by atoms with Crippen molar-refractivity contribution in [2.45, 2.75) is 72.1 Å². The van der Waals surface area contributed by atoms with Gasteiger partial charge in [0.1, 0.15) is 0 Å². The summed E-state index contributed by atoms with van der Waals surface area (Å²) in [6, 6.07) is 4.47. The van der Waals surface area contributed by atoms with E-state index in [0.717, 1.165) is 19.5 Å². The van der Waals surface area contributed by atoms with E-state index in [4.69, 9.17) is 0 Å². The fourth-order valence-corrected chi connectivity index (χ4v) is 2.36. The normalized spacial score (nSPS) is 12.4. The first kappa shape index (κ1) is 17.0. The van der Waals surface area contributed by atoms with Crippen LogP contribution < -0.4 is 4.90 Å². The molecule has 1 aromatic heterocycles. The summed E-state index contributed by atoms with van der Waals surface area (Å²) >= 11 is 0. The lowest BCUT2D eigenvalue weighted by Crippen LogP contribution is -2.25. The van der Waals surface area contributed by atoms with E-state index in [-0.39, 0.29) is 0 Å². The highest BCUT2D eigenvalue weighted by Crippen LogP contribution is 2.20. The highest BCUT2D eigenvalue weighted by molar-refractivity contribution is 5.44. The van der Waals surface area contributed by atoms with Gasteiger partial charge in [-0.15, -0.1) is 0 Å². The Bertz CT molecular complexity index is 345. The van der Waals surface area contributed by atoms with Gasteiger partial charge in [0.2, 0.25) is 0 Å². The van der Waals surface area contributed by atoms with Crippen LogP contribution in [0.5, 0.6) is 0 Å². The molecule has 0 bridgehead atoms. The summed E-state index contributed by atoms with van der Waals surface area (Å²) < 4.78 is 0. The fourth-order valence-electron chi connectivity index (χ4n) is 2.36. The second kappa shape index (κ2) is 9.79. The molecule has 0 radical (unpaired) electrons. The molecule has 0 saturated heterocycles. The van der Waals surface area contributed by atoms with Crippen molar-refractivity contribution in [2.24, 2.45) is 0 Å². The predicted octanol–water partition coefficient (Wildman–Crippen LogP) is 5.39. The molecule has 0 N–H and O–H groups in total. The minimum Gasteiger partial charge on any atom is -0.370 e. The largest absolute Gasteiger partial charge is 0.370 e. The number of rotatable bonds is 10. The van der Waals surface area contributed by atoms with Gasteiger partial charge >= 0.3 is 0 Å². The first-order valence-corrected chi connectivity index (χ1v) is 8.43. The Kier molecular flexibility index (Phi) is 8.32. The van der Waals surface area contributed by atoms with Crippen molar-refractivity contribution in [3.8, 4) is 0 Å². The molecular formula is C18H32N2. The molecule has 1 aromatic rings. The summed E-state index contributed by atoms with van der Waals surface area (Å²) in [5, 5.41) is 0. The third kappa shape index (κ3) is 5.52. The molecule has 20 heavy (non-hydrogen) atoms. The molecule has 0 fully saturated rings. The number of aromatic nitrogens is 1. The Morgan fingerprint density at radius 2 is 1.70 bits per heavy atom. The zero-order valence-corrected chi connectivity index (χ0v) is 13.9.